The number of carbonyl (C=O) groups is 1. The van der Waals surface area contributed by atoms with E-state index in [4.69, 9.17) is 10.5 Å². The molecular weight excluding hydrogens is 282 g/mol. The van der Waals surface area contributed by atoms with Crippen molar-refractivity contribution < 1.29 is 14.7 Å². The van der Waals surface area contributed by atoms with Gasteiger partial charge in [-0.1, -0.05) is 17.9 Å². The van der Waals surface area contributed by atoms with Gasteiger partial charge in [-0.2, -0.15) is 5.06 Å². The third-order valence-electron chi connectivity index (χ3n) is 2.72. The smallest absolute Gasteiger partial charge is 0.339 e. The second-order valence-corrected chi connectivity index (χ2v) is 4.45. The minimum absolute atomic E-state index is 0.378. The molecule has 2 rings (SSSR count). The Bertz CT molecular complexity index is 707. The number of hydroxylamine groups is 2. The van der Waals surface area contributed by atoms with Crippen molar-refractivity contribution in [1.29, 1.82) is 0 Å². The van der Waals surface area contributed by atoms with Gasteiger partial charge in [0.1, 0.15) is 17.5 Å². The van der Waals surface area contributed by atoms with E-state index in [1.54, 1.807) is 55.7 Å². The Morgan fingerprint density at radius 2 is 2.14 bits per heavy atom. The predicted molar refractivity (Wildman–Crippen MR) is 80.3 cm³/mol. The molecule has 1 atom stereocenters. The second kappa shape index (κ2) is 7.11. The number of urea groups is 1. The van der Waals surface area contributed by atoms with Gasteiger partial charge in [0, 0.05) is 11.8 Å². The molecule has 0 saturated carbocycles. The zero-order chi connectivity index (χ0) is 15.9. The molecule has 1 aromatic carbocycles. The van der Waals surface area contributed by atoms with Crippen LogP contribution in [0.1, 0.15) is 12.5 Å². The first-order valence-corrected chi connectivity index (χ1v) is 6.53. The third-order valence-corrected chi connectivity index (χ3v) is 2.72. The largest absolute Gasteiger partial charge is 0.456 e. The first-order valence-electron chi connectivity index (χ1n) is 6.53. The Morgan fingerprint density at radius 1 is 1.36 bits per heavy atom. The summed E-state index contributed by atoms with van der Waals surface area (Å²) in [6.45, 7) is 1.56. The maximum Gasteiger partial charge on any atom is 0.339 e. The summed E-state index contributed by atoms with van der Waals surface area (Å²) in [7, 11) is 0. The Balaban J connectivity index is 2.11. The van der Waals surface area contributed by atoms with E-state index >= 15 is 0 Å². The number of amides is 2. The Hall–Kier alpha value is -3.04. The van der Waals surface area contributed by atoms with Crippen LogP contribution < -0.4 is 10.5 Å². The standard InChI is InChI=1S/C16H15N3O3/c1-12(19(21)16(17)20)7-8-13-4-2-5-14(10-13)22-15-6-3-9-18-11-15/h2-6,9-12,21H,1H3,(H2,17,20). The first-order chi connectivity index (χ1) is 10.6. The quantitative estimate of drug-likeness (QED) is 0.517. The maximum absolute atomic E-state index is 10.8. The van der Waals surface area contributed by atoms with Crippen LogP contribution in [0, 0.1) is 11.8 Å². The van der Waals surface area contributed by atoms with Crippen LogP contribution in [0.25, 0.3) is 0 Å². The van der Waals surface area contributed by atoms with Gasteiger partial charge in [0.05, 0.1) is 6.20 Å². The number of aromatic nitrogens is 1. The Kier molecular flexibility index (Phi) is 4.96. The highest BCUT2D eigenvalue weighted by molar-refractivity contribution is 5.71. The molecule has 1 heterocycles. The summed E-state index contributed by atoms with van der Waals surface area (Å²) in [4.78, 5) is 14.8. The number of nitrogens with two attached hydrogens (primary N) is 1. The van der Waals surface area contributed by atoms with Crippen molar-refractivity contribution in [3.63, 3.8) is 0 Å². The van der Waals surface area contributed by atoms with Crippen molar-refractivity contribution in [3.8, 4) is 23.3 Å². The van der Waals surface area contributed by atoms with Crippen LogP contribution in [0.5, 0.6) is 11.5 Å². The van der Waals surface area contributed by atoms with Gasteiger partial charge in [0.25, 0.3) is 0 Å². The maximum atomic E-state index is 10.8. The first kappa shape index (κ1) is 15.4. The summed E-state index contributed by atoms with van der Waals surface area (Å²) in [5, 5.41) is 9.73. The van der Waals surface area contributed by atoms with Crippen molar-refractivity contribution in [2.45, 2.75) is 13.0 Å². The van der Waals surface area contributed by atoms with Gasteiger partial charge in [0.2, 0.25) is 0 Å². The van der Waals surface area contributed by atoms with Crippen LogP contribution in [0.2, 0.25) is 0 Å². The number of hydrogen-bond donors (Lipinski definition) is 2. The number of ether oxygens (including phenoxy) is 1. The lowest BCUT2D eigenvalue weighted by atomic mass is 10.2. The summed E-state index contributed by atoms with van der Waals surface area (Å²) in [6.07, 6.45) is 3.27. The molecular formula is C16H15N3O3. The summed E-state index contributed by atoms with van der Waals surface area (Å²) >= 11 is 0. The number of primary amides is 1. The van der Waals surface area contributed by atoms with E-state index < -0.39 is 12.1 Å². The molecule has 0 bridgehead atoms. The minimum atomic E-state index is -0.949. The highest BCUT2D eigenvalue weighted by Gasteiger charge is 2.11. The molecule has 112 valence electrons. The van der Waals surface area contributed by atoms with E-state index in [0.717, 1.165) is 0 Å². The molecule has 0 aliphatic carbocycles. The number of nitrogens with zero attached hydrogens (tertiary/aromatic N) is 2. The van der Waals surface area contributed by atoms with Crippen molar-refractivity contribution in [2.75, 3.05) is 0 Å². The summed E-state index contributed by atoms with van der Waals surface area (Å²) in [5.74, 6) is 6.82. The second-order valence-electron chi connectivity index (χ2n) is 4.45. The average molecular weight is 297 g/mol. The molecule has 6 nitrogen and oxygen atoms in total. The highest BCUT2D eigenvalue weighted by Crippen LogP contribution is 2.20. The lowest BCUT2D eigenvalue weighted by Crippen LogP contribution is -2.38. The molecule has 0 radical (unpaired) electrons. The van der Waals surface area contributed by atoms with Gasteiger partial charge in [-0.15, -0.1) is 0 Å². The van der Waals surface area contributed by atoms with Crippen LogP contribution in [0.3, 0.4) is 0 Å². The fraction of sp³-hybridized carbons (Fsp3) is 0.125. The Morgan fingerprint density at radius 3 is 2.82 bits per heavy atom. The average Bonchev–Trinajstić information content (AvgIpc) is 2.53. The highest BCUT2D eigenvalue weighted by atomic mass is 16.5. The molecule has 0 aliphatic heterocycles. The molecule has 6 heteroatoms. The van der Waals surface area contributed by atoms with E-state index in [1.165, 1.54) is 0 Å². The SMILES string of the molecule is CC(C#Cc1cccc(Oc2cccnc2)c1)N(O)C(N)=O. The van der Waals surface area contributed by atoms with Crippen molar-refractivity contribution in [3.05, 3.63) is 54.4 Å². The summed E-state index contributed by atoms with van der Waals surface area (Å²) in [6, 6.07) is 9.05. The summed E-state index contributed by atoms with van der Waals surface area (Å²) in [5.41, 5.74) is 5.65. The van der Waals surface area contributed by atoms with E-state index in [-0.39, 0.29) is 0 Å². The molecule has 0 fully saturated rings. The van der Waals surface area contributed by atoms with E-state index in [2.05, 4.69) is 16.8 Å². The molecule has 2 aromatic rings. The van der Waals surface area contributed by atoms with Crippen LogP contribution in [-0.2, 0) is 0 Å². The monoisotopic (exact) mass is 297 g/mol. The van der Waals surface area contributed by atoms with Gasteiger partial charge >= 0.3 is 6.03 Å². The van der Waals surface area contributed by atoms with Gasteiger partial charge in [-0.3, -0.25) is 10.2 Å². The number of hydrogen-bond acceptors (Lipinski definition) is 4. The molecule has 0 aliphatic rings. The van der Waals surface area contributed by atoms with Crippen molar-refractivity contribution >= 4 is 6.03 Å². The van der Waals surface area contributed by atoms with Gasteiger partial charge in [0.15, 0.2) is 0 Å². The lowest BCUT2D eigenvalue weighted by Gasteiger charge is -2.14. The summed E-state index contributed by atoms with van der Waals surface area (Å²) < 4.78 is 5.65. The fourth-order valence-electron chi connectivity index (χ4n) is 1.62. The minimum Gasteiger partial charge on any atom is -0.456 e. The van der Waals surface area contributed by atoms with Crippen LogP contribution in [0.15, 0.2) is 48.8 Å². The zero-order valence-electron chi connectivity index (χ0n) is 11.9. The number of benzene rings is 1. The fourth-order valence-corrected chi connectivity index (χ4v) is 1.62. The van der Waals surface area contributed by atoms with Crippen LogP contribution >= 0.6 is 0 Å². The van der Waals surface area contributed by atoms with Gasteiger partial charge in [-0.05, 0) is 37.3 Å². The molecule has 1 unspecified atom stereocenters. The number of carbonyl (C=O) groups excluding carboxylic acids is 1. The molecule has 1 aromatic heterocycles. The molecule has 3 N–H and O–H groups in total. The van der Waals surface area contributed by atoms with Crippen LogP contribution in [-0.4, -0.2) is 27.3 Å². The van der Waals surface area contributed by atoms with Gasteiger partial charge < -0.3 is 10.5 Å². The normalized spacial score (nSPS) is 11.0. The van der Waals surface area contributed by atoms with Crippen LogP contribution in [0.4, 0.5) is 4.79 Å². The third kappa shape index (κ3) is 4.23. The Labute approximate surface area is 128 Å². The molecule has 0 spiro atoms. The number of pyridine rings is 1. The number of rotatable bonds is 3. The van der Waals surface area contributed by atoms with E-state index in [9.17, 15) is 10.0 Å². The zero-order valence-corrected chi connectivity index (χ0v) is 11.9. The molecule has 22 heavy (non-hydrogen) atoms. The predicted octanol–water partition coefficient (Wildman–Crippen LogP) is 2.38. The topological polar surface area (TPSA) is 88.7 Å². The lowest BCUT2D eigenvalue weighted by molar-refractivity contribution is -0.0536. The van der Waals surface area contributed by atoms with E-state index in [1.807, 2.05) is 0 Å². The van der Waals surface area contributed by atoms with Crippen molar-refractivity contribution in [2.24, 2.45) is 5.73 Å². The van der Waals surface area contributed by atoms with E-state index in [0.29, 0.717) is 22.1 Å². The molecule has 2 amide bonds. The van der Waals surface area contributed by atoms with Crippen molar-refractivity contribution in [1.82, 2.24) is 10.0 Å². The molecule has 0 saturated heterocycles. The van der Waals surface area contributed by atoms with Gasteiger partial charge in [-0.25, -0.2) is 4.79 Å².